The summed E-state index contributed by atoms with van der Waals surface area (Å²) in [7, 11) is -3.97. The molecule has 0 radical (unpaired) electrons. The van der Waals surface area contributed by atoms with Crippen LogP contribution in [0.2, 0.25) is 0 Å². The summed E-state index contributed by atoms with van der Waals surface area (Å²) in [5, 5.41) is 8.71. The Balaban J connectivity index is 1.89. The Labute approximate surface area is 137 Å². The van der Waals surface area contributed by atoms with Gasteiger partial charge in [0.15, 0.2) is 0 Å². The number of nitriles is 1. The number of benzene rings is 1. The van der Waals surface area contributed by atoms with Gasteiger partial charge in [-0.05, 0) is 36.4 Å². The second-order valence-corrected chi connectivity index (χ2v) is 6.56. The van der Waals surface area contributed by atoms with E-state index in [1.165, 1.54) is 24.4 Å². The maximum Gasteiger partial charge on any atom is 0.263 e. The predicted octanol–water partition coefficient (Wildman–Crippen LogP) is 2.89. The number of sulfonamides is 1. The first-order valence-corrected chi connectivity index (χ1v) is 8.30. The number of halogens is 1. The van der Waals surface area contributed by atoms with Crippen LogP contribution < -0.4 is 4.72 Å². The quantitative estimate of drug-likeness (QED) is 0.761. The number of hydrogen-bond donors (Lipinski definition) is 2. The van der Waals surface area contributed by atoms with E-state index < -0.39 is 15.8 Å². The Morgan fingerprint density at radius 2 is 2.04 bits per heavy atom. The van der Waals surface area contributed by atoms with E-state index >= 15 is 0 Å². The third-order valence-electron chi connectivity index (χ3n) is 3.25. The van der Waals surface area contributed by atoms with E-state index in [9.17, 15) is 12.8 Å². The largest absolute Gasteiger partial charge is 0.359 e. The summed E-state index contributed by atoms with van der Waals surface area (Å²) in [4.78, 5) is 6.90. The molecule has 0 aliphatic rings. The molecular formula is C16H11FN4O2S. The number of nitrogens with zero attached hydrogens (tertiary/aromatic N) is 2. The Morgan fingerprint density at radius 3 is 2.71 bits per heavy atom. The lowest BCUT2D eigenvalue weighted by molar-refractivity contribution is 0.598. The van der Waals surface area contributed by atoms with Crippen molar-refractivity contribution < 1.29 is 12.8 Å². The van der Waals surface area contributed by atoms with Crippen molar-refractivity contribution in [2.45, 2.75) is 4.90 Å². The molecule has 8 heteroatoms. The highest BCUT2D eigenvalue weighted by Gasteiger charge is 2.19. The lowest BCUT2D eigenvalue weighted by Crippen LogP contribution is -2.13. The van der Waals surface area contributed by atoms with Crippen LogP contribution in [0.5, 0.6) is 0 Å². The molecule has 0 fully saturated rings. The van der Waals surface area contributed by atoms with Crippen LogP contribution in [-0.4, -0.2) is 18.4 Å². The van der Waals surface area contributed by atoms with E-state index in [1.54, 1.807) is 30.5 Å². The molecule has 24 heavy (non-hydrogen) atoms. The maximum atomic E-state index is 13.9. The summed E-state index contributed by atoms with van der Waals surface area (Å²) in [5.74, 6) is -0.821. The predicted molar refractivity (Wildman–Crippen MR) is 85.9 cm³/mol. The van der Waals surface area contributed by atoms with Crippen molar-refractivity contribution in [1.82, 2.24) is 9.97 Å². The molecule has 2 N–H and O–H groups in total. The van der Waals surface area contributed by atoms with Gasteiger partial charge in [0.05, 0.1) is 28.7 Å². The molecule has 3 aromatic rings. The highest BCUT2D eigenvalue weighted by Crippen LogP contribution is 2.23. The zero-order chi connectivity index (χ0) is 17.2. The summed E-state index contributed by atoms with van der Waals surface area (Å²) in [6.45, 7) is 0. The molecule has 0 amide bonds. The van der Waals surface area contributed by atoms with Crippen LogP contribution in [0.1, 0.15) is 5.56 Å². The van der Waals surface area contributed by atoms with Gasteiger partial charge in [0.2, 0.25) is 0 Å². The van der Waals surface area contributed by atoms with E-state index in [2.05, 4.69) is 14.7 Å². The minimum atomic E-state index is -3.97. The van der Waals surface area contributed by atoms with Crippen LogP contribution in [-0.2, 0) is 10.0 Å². The van der Waals surface area contributed by atoms with Crippen LogP contribution in [0, 0.1) is 17.1 Å². The number of pyridine rings is 1. The molecule has 0 spiro atoms. The van der Waals surface area contributed by atoms with E-state index in [-0.39, 0.29) is 16.1 Å². The van der Waals surface area contributed by atoms with Crippen LogP contribution in [0.15, 0.2) is 59.8 Å². The fourth-order valence-corrected chi connectivity index (χ4v) is 3.13. The van der Waals surface area contributed by atoms with Crippen molar-refractivity contribution in [2.24, 2.45) is 0 Å². The van der Waals surface area contributed by atoms with Gasteiger partial charge in [-0.15, -0.1) is 0 Å². The van der Waals surface area contributed by atoms with Crippen LogP contribution >= 0.6 is 0 Å². The van der Waals surface area contributed by atoms with Crippen molar-refractivity contribution in [2.75, 3.05) is 4.72 Å². The zero-order valence-corrected chi connectivity index (χ0v) is 13.0. The molecule has 0 aliphatic heterocycles. The molecule has 1 aromatic carbocycles. The first-order valence-electron chi connectivity index (χ1n) is 6.82. The monoisotopic (exact) mass is 342 g/mol. The average molecular weight is 342 g/mol. The van der Waals surface area contributed by atoms with Gasteiger partial charge in [0.25, 0.3) is 10.0 Å². The van der Waals surface area contributed by atoms with Crippen LogP contribution in [0.25, 0.3) is 11.4 Å². The third-order valence-corrected chi connectivity index (χ3v) is 4.60. The second kappa shape index (κ2) is 6.14. The van der Waals surface area contributed by atoms with Gasteiger partial charge in [-0.25, -0.2) is 12.8 Å². The number of anilines is 1. The first-order chi connectivity index (χ1) is 11.5. The molecule has 0 unspecified atom stereocenters. The van der Waals surface area contributed by atoms with E-state index in [0.717, 1.165) is 6.07 Å². The van der Waals surface area contributed by atoms with Gasteiger partial charge >= 0.3 is 0 Å². The van der Waals surface area contributed by atoms with Crippen molar-refractivity contribution in [1.29, 1.82) is 5.26 Å². The van der Waals surface area contributed by atoms with Gasteiger partial charge in [-0.1, -0.05) is 6.07 Å². The average Bonchev–Trinajstić information content (AvgIpc) is 3.08. The number of aromatic amines is 1. The van der Waals surface area contributed by atoms with Crippen LogP contribution in [0.3, 0.4) is 0 Å². The van der Waals surface area contributed by atoms with Crippen molar-refractivity contribution >= 4 is 15.7 Å². The molecule has 0 atom stereocenters. The Kier molecular flexibility index (Phi) is 4.02. The van der Waals surface area contributed by atoms with Gasteiger partial charge < -0.3 is 4.98 Å². The molecular weight excluding hydrogens is 331 g/mol. The highest BCUT2D eigenvalue weighted by atomic mass is 32.2. The number of aromatic nitrogens is 2. The van der Waals surface area contributed by atoms with Crippen molar-refractivity contribution in [3.05, 3.63) is 66.2 Å². The second-order valence-electron chi connectivity index (χ2n) is 4.88. The van der Waals surface area contributed by atoms with Crippen molar-refractivity contribution in [3.8, 4) is 17.5 Å². The maximum absolute atomic E-state index is 13.9. The molecule has 6 nitrogen and oxygen atoms in total. The molecule has 2 heterocycles. The summed E-state index contributed by atoms with van der Waals surface area (Å²) >= 11 is 0. The van der Waals surface area contributed by atoms with E-state index in [4.69, 9.17) is 5.26 Å². The van der Waals surface area contributed by atoms with Crippen molar-refractivity contribution in [3.63, 3.8) is 0 Å². The topological polar surface area (TPSA) is 98.6 Å². The SMILES string of the molecule is N#Cc1ccc(NS(=O)(=O)c2c[nH]c(-c3ccccn3)c2)c(F)c1. The molecule has 0 saturated heterocycles. The number of H-pyrrole nitrogens is 1. The summed E-state index contributed by atoms with van der Waals surface area (Å²) in [6.07, 6.45) is 2.89. The first kappa shape index (κ1) is 15.7. The molecule has 0 bridgehead atoms. The van der Waals surface area contributed by atoms with Gasteiger partial charge in [-0.2, -0.15) is 5.26 Å². The number of rotatable bonds is 4. The lowest BCUT2D eigenvalue weighted by Gasteiger charge is -2.07. The Morgan fingerprint density at radius 1 is 1.21 bits per heavy atom. The summed E-state index contributed by atoms with van der Waals surface area (Å²) in [6, 6.07) is 12.0. The van der Waals surface area contributed by atoms with Crippen LogP contribution in [0.4, 0.5) is 10.1 Å². The summed E-state index contributed by atoms with van der Waals surface area (Å²) in [5.41, 5.74) is 0.990. The summed E-state index contributed by atoms with van der Waals surface area (Å²) < 4.78 is 40.8. The Hall–Kier alpha value is -3.18. The Bertz CT molecular complexity index is 1020. The fourth-order valence-electron chi connectivity index (χ4n) is 2.07. The van der Waals surface area contributed by atoms with Gasteiger partial charge in [0.1, 0.15) is 10.7 Å². The molecule has 3 rings (SSSR count). The fraction of sp³-hybridized carbons (Fsp3) is 0. The van der Waals surface area contributed by atoms with Gasteiger partial charge in [-0.3, -0.25) is 9.71 Å². The minimum Gasteiger partial charge on any atom is -0.359 e. The van der Waals surface area contributed by atoms with E-state index in [1.807, 2.05) is 0 Å². The zero-order valence-electron chi connectivity index (χ0n) is 12.2. The standard InChI is InChI=1S/C16H11FN4O2S/c17-13-7-11(9-18)4-5-14(13)21-24(22,23)12-8-16(20-10-12)15-3-1-2-6-19-15/h1-8,10,20-21H. The van der Waals surface area contributed by atoms with E-state index in [0.29, 0.717) is 11.4 Å². The lowest BCUT2D eigenvalue weighted by atomic mass is 10.2. The smallest absolute Gasteiger partial charge is 0.263 e. The number of hydrogen-bond acceptors (Lipinski definition) is 4. The highest BCUT2D eigenvalue weighted by molar-refractivity contribution is 7.92. The normalized spacial score (nSPS) is 11.0. The molecule has 2 aromatic heterocycles. The minimum absolute atomic E-state index is 0.0492. The molecule has 0 aliphatic carbocycles. The third kappa shape index (κ3) is 3.11. The molecule has 120 valence electrons. The van der Waals surface area contributed by atoms with Gasteiger partial charge in [0, 0.05) is 12.4 Å². The number of nitrogens with one attached hydrogen (secondary N) is 2. The molecule has 0 saturated carbocycles.